The van der Waals surface area contributed by atoms with Crippen molar-refractivity contribution in [3.63, 3.8) is 0 Å². The average molecular weight is 485 g/mol. The molecular formula is C24H22F2N4O3S. The number of alkyl halides is 2. The summed E-state index contributed by atoms with van der Waals surface area (Å²) in [6, 6.07) is 12.4. The molecule has 2 heterocycles. The minimum atomic E-state index is -2.99. The zero-order chi connectivity index (χ0) is 24.5. The highest BCUT2D eigenvalue weighted by Gasteiger charge is 2.22. The number of carbonyl (C=O) groups is 3. The Bertz CT molecular complexity index is 1390. The number of Topliss-reactive ketones (excluding diaryl/α,β-unsaturated/α-hetero) is 1. The first-order valence-corrected chi connectivity index (χ1v) is 11.4. The van der Waals surface area contributed by atoms with E-state index in [-0.39, 0.29) is 24.5 Å². The summed E-state index contributed by atoms with van der Waals surface area (Å²) in [7, 11) is 1.58. The number of nitrogens with one attached hydrogen (secondary N) is 2. The molecule has 0 fully saturated rings. The van der Waals surface area contributed by atoms with Gasteiger partial charge in [0.25, 0.3) is 11.8 Å². The standard InChI is InChI=1S/C24H22F2N4O3S/c1-24(25,26)13-28-21(32)10-9-19(31)16-7-8-18-20(11-16)34-23-29-17(12-30(18)23)14-3-5-15(6-4-14)22(33)27-2/h3-8,11-12H,9-10,13H2,1-2H3,(H,27,33)(H,28,32). The van der Waals surface area contributed by atoms with Gasteiger partial charge in [-0.3, -0.25) is 18.8 Å². The first kappa shape index (κ1) is 23.5. The predicted molar refractivity (Wildman–Crippen MR) is 127 cm³/mol. The van der Waals surface area contributed by atoms with E-state index in [4.69, 9.17) is 0 Å². The van der Waals surface area contributed by atoms with E-state index in [9.17, 15) is 23.2 Å². The summed E-state index contributed by atoms with van der Waals surface area (Å²) in [4.78, 5) is 41.4. The fourth-order valence-corrected chi connectivity index (χ4v) is 4.51. The van der Waals surface area contributed by atoms with Gasteiger partial charge in [0.2, 0.25) is 5.91 Å². The van der Waals surface area contributed by atoms with E-state index in [2.05, 4.69) is 15.6 Å². The second-order valence-electron chi connectivity index (χ2n) is 7.99. The minimum Gasteiger partial charge on any atom is -0.355 e. The molecule has 4 rings (SSSR count). The first-order chi connectivity index (χ1) is 16.1. The van der Waals surface area contributed by atoms with Gasteiger partial charge in [-0.2, -0.15) is 0 Å². The number of thiazole rings is 1. The van der Waals surface area contributed by atoms with E-state index >= 15 is 0 Å². The molecule has 176 valence electrons. The molecule has 0 spiro atoms. The highest BCUT2D eigenvalue weighted by atomic mass is 32.1. The van der Waals surface area contributed by atoms with Crippen LogP contribution in [0.4, 0.5) is 8.78 Å². The third kappa shape index (κ3) is 5.12. The smallest absolute Gasteiger partial charge is 0.262 e. The molecule has 2 aromatic heterocycles. The molecular weight excluding hydrogens is 462 g/mol. The molecule has 0 bridgehead atoms. The van der Waals surface area contributed by atoms with Crippen LogP contribution in [-0.2, 0) is 4.79 Å². The number of fused-ring (bicyclic) bond motifs is 3. The largest absolute Gasteiger partial charge is 0.355 e. The van der Waals surface area contributed by atoms with Crippen molar-refractivity contribution in [1.82, 2.24) is 20.0 Å². The van der Waals surface area contributed by atoms with Crippen LogP contribution in [0.3, 0.4) is 0 Å². The van der Waals surface area contributed by atoms with Crippen molar-refractivity contribution in [2.75, 3.05) is 13.6 Å². The van der Waals surface area contributed by atoms with Crippen LogP contribution < -0.4 is 10.6 Å². The van der Waals surface area contributed by atoms with Gasteiger partial charge in [0.1, 0.15) is 0 Å². The number of hydrogen-bond donors (Lipinski definition) is 2. The van der Waals surface area contributed by atoms with Crippen molar-refractivity contribution in [3.05, 3.63) is 59.8 Å². The van der Waals surface area contributed by atoms with Crippen LogP contribution in [0.15, 0.2) is 48.7 Å². The Labute approximate surface area is 197 Å². The molecule has 0 atom stereocenters. The van der Waals surface area contributed by atoms with Crippen molar-refractivity contribution in [1.29, 1.82) is 0 Å². The summed E-state index contributed by atoms with van der Waals surface area (Å²) in [5.41, 5.74) is 3.55. The van der Waals surface area contributed by atoms with Gasteiger partial charge in [-0.1, -0.05) is 23.5 Å². The molecule has 0 unspecified atom stereocenters. The van der Waals surface area contributed by atoms with Crippen molar-refractivity contribution in [3.8, 4) is 11.3 Å². The molecule has 2 amide bonds. The third-order valence-corrected chi connectivity index (χ3v) is 6.28. The fourth-order valence-electron chi connectivity index (χ4n) is 3.46. The van der Waals surface area contributed by atoms with Gasteiger partial charge in [-0.25, -0.2) is 13.8 Å². The van der Waals surface area contributed by atoms with Crippen LogP contribution in [0.1, 0.15) is 40.5 Å². The molecule has 0 radical (unpaired) electrons. The van der Waals surface area contributed by atoms with E-state index in [1.807, 2.05) is 28.8 Å². The summed E-state index contributed by atoms with van der Waals surface area (Å²) in [6.45, 7) is -0.0291. The van der Waals surface area contributed by atoms with Crippen molar-refractivity contribution < 1.29 is 23.2 Å². The lowest BCUT2D eigenvalue weighted by molar-refractivity contribution is -0.122. The summed E-state index contributed by atoms with van der Waals surface area (Å²) in [5, 5.41) is 4.72. The van der Waals surface area contributed by atoms with E-state index in [0.29, 0.717) is 11.1 Å². The van der Waals surface area contributed by atoms with Crippen LogP contribution in [-0.4, -0.2) is 46.5 Å². The highest BCUT2D eigenvalue weighted by Crippen LogP contribution is 2.30. The normalized spacial score (nSPS) is 11.6. The molecule has 0 saturated carbocycles. The summed E-state index contributed by atoms with van der Waals surface area (Å²) < 4.78 is 28.5. The Balaban J connectivity index is 1.48. The SMILES string of the molecule is CNC(=O)c1ccc(-c2cn3c(n2)sc2cc(C(=O)CCC(=O)NCC(C)(F)F)ccc23)cc1. The zero-order valence-corrected chi connectivity index (χ0v) is 19.3. The van der Waals surface area contributed by atoms with Gasteiger partial charge >= 0.3 is 0 Å². The molecule has 0 aliphatic heterocycles. The van der Waals surface area contributed by atoms with Crippen molar-refractivity contribution >= 4 is 44.1 Å². The lowest BCUT2D eigenvalue weighted by Crippen LogP contribution is -2.34. The molecule has 4 aromatic rings. The van der Waals surface area contributed by atoms with Crippen LogP contribution >= 0.6 is 11.3 Å². The Hall–Kier alpha value is -3.66. The molecule has 34 heavy (non-hydrogen) atoms. The number of amides is 2. The van der Waals surface area contributed by atoms with Crippen molar-refractivity contribution in [2.24, 2.45) is 0 Å². The fraction of sp³-hybridized carbons (Fsp3) is 0.250. The second kappa shape index (κ2) is 9.30. The molecule has 0 saturated heterocycles. The van der Waals surface area contributed by atoms with Gasteiger partial charge in [0, 0.05) is 49.7 Å². The van der Waals surface area contributed by atoms with Crippen molar-refractivity contribution in [2.45, 2.75) is 25.7 Å². The van der Waals surface area contributed by atoms with E-state index in [1.54, 1.807) is 31.3 Å². The number of ketones is 1. The molecule has 10 heteroatoms. The topological polar surface area (TPSA) is 92.6 Å². The number of benzene rings is 2. The maximum absolute atomic E-state index is 12.8. The number of imidazole rings is 1. The average Bonchev–Trinajstić information content (AvgIpc) is 3.38. The van der Waals surface area contributed by atoms with E-state index < -0.39 is 18.4 Å². The van der Waals surface area contributed by atoms with E-state index in [0.717, 1.165) is 33.4 Å². The Kier molecular flexibility index (Phi) is 6.43. The highest BCUT2D eigenvalue weighted by molar-refractivity contribution is 7.23. The Morgan fingerprint density at radius 3 is 2.44 bits per heavy atom. The predicted octanol–water partition coefficient (Wildman–Crippen LogP) is 4.31. The molecule has 0 aliphatic rings. The number of aromatic nitrogens is 2. The molecule has 2 N–H and O–H groups in total. The molecule has 2 aromatic carbocycles. The van der Waals surface area contributed by atoms with Crippen LogP contribution in [0.25, 0.3) is 26.4 Å². The van der Waals surface area contributed by atoms with Gasteiger partial charge < -0.3 is 10.6 Å². The Morgan fingerprint density at radius 1 is 1.06 bits per heavy atom. The molecule has 0 aliphatic carbocycles. The summed E-state index contributed by atoms with van der Waals surface area (Å²) >= 11 is 1.43. The molecule has 7 nitrogen and oxygen atoms in total. The van der Waals surface area contributed by atoms with Gasteiger partial charge in [-0.05, 0) is 30.3 Å². The number of rotatable bonds is 8. The Morgan fingerprint density at radius 2 is 1.76 bits per heavy atom. The van der Waals surface area contributed by atoms with Gasteiger partial charge in [0.05, 0.1) is 22.5 Å². The lowest BCUT2D eigenvalue weighted by atomic mass is 10.1. The maximum atomic E-state index is 12.8. The first-order valence-electron chi connectivity index (χ1n) is 10.6. The monoisotopic (exact) mass is 484 g/mol. The van der Waals surface area contributed by atoms with E-state index in [1.165, 1.54) is 11.3 Å². The van der Waals surface area contributed by atoms with Gasteiger partial charge in [0.15, 0.2) is 10.7 Å². The van der Waals surface area contributed by atoms with Crippen LogP contribution in [0.2, 0.25) is 0 Å². The second-order valence-corrected chi connectivity index (χ2v) is 9.00. The quantitative estimate of drug-likeness (QED) is 0.365. The number of halogens is 2. The third-order valence-electron chi connectivity index (χ3n) is 5.26. The lowest BCUT2D eigenvalue weighted by Gasteiger charge is -2.11. The summed E-state index contributed by atoms with van der Waals surface area (Å²) in [6.07, 6.45) is 1.69. The number of carbonyl (C=O) groups excluding carboxylic acids is 3. The van der Waals surface area contributed by atoms with Crippen LogP contribution in [0.5, 0.6) is 0 Å². The van der Waals surface area contributed by atoms with Crippen LogP contribution in [0, 0.1) is 0 Å². The minimum absolute atomic E-state index is 0.0642. The maximum Gasteiger partial charge on any atom is 0.262 e. The van der Waals surface area contributed by atoms with Gasteiger partial charge in [-0.15, -0.1) is 0 Å². The summed E-state index contributed by atoms with van der Waals surface area (Å²) in [5.74, 6) is -3.96. The number of hydrogen-bond acceptors (Lipinski definition) is 5. The zero-order valence-electron chi connectivity index (χ0n) is 18.5. The number of nitrogens with zero attached hydrogens (tertiary/aromatic N) is 2.